The number of hydrogen-bond acceptors (Lipinski definition) is 4. The number of rotatable bonds is 5. The first-order chi connectivity index (χ1) is 9.52. The van der Waals surface area contributed by atoms with E-state index < -0.39 is 6.10 Å². The van der Waals surface area contributed by atoms with Crippen LogP contribution in [0.2, 0.25) is 0 Å². The number of nitrogens with zero attached hydrogens (tertiary/aromatic N) is 1. The average Bonchev–Trinajstić information content (AvgIpc) is 2.35. The van der Waals surface area contributed by atoms with E-state index in [-0.39, 0.29) is 12.2 Å². The average molecular weight is 279 g/mol. The summed E-state index contributed by atoms with van der Waals surface area (Å²) in [4.78, 5) is 2.24. The van der Waals surface area contributed by atoms with Crippen LogP contribution < -0.4 is 4.74 Å². The Hall–Kier alpha value is -1.10. The third-order valence-electron chi connectivity index (χ3n) is 3.40. The highest BCUT2D eigenvalue weighted by molar-refractivity contribution is 5.27. The summed E-state index contributed by atoms with van der Waals surface area (Å²) < 4.78 is 11.3. The van der Waals surface area contributed by atoms with Gasteiger partial charge in [-0.05, 0) is 38.5 Å². The molecule has 0 spiro atoms. The molecule has 1 aromatic carbocycles. The molecule has 2 rings (SSSR count). The van der Waals surface area contributed by atoms with E-state index in [1.165, 1.54) is 0 Å². The number of β-amino-alcohol motifs (C(OH)–C–C–N with tert-alkyl or cyclic N) is 1. The minimum atomic E-state index is -0.479. The highest BCUT2D eigenvalue weighted by Crippen LogP contribution is 2.14. The highest BCUT2D eigenvalue weighted by atomic mass is 16.5. The molecule has 0 aliphatic carbocycles. The van der Waals surface area contributed by atoms with Crippen LogP contribution in [0.1, 0.15) is 19.4 Å². The lowest BCUT2D eigenvalue weighted by Crippen LogP contribution is -2.48. The molecule has 1 aliphatic heterocycles. The van der Waals surface area contributed by atoms with Gasteiger partial charge in [-0.3, -0.25) is 4.90 Å². The molecule has 0 amide bonds. The fraction of sp³-hybridized carbons (Fsp3) is 0.625. The third kappa shape index (κ3) is 4.78. The van der Waals surface area contributed by atoms with Crippen LogP contribution in [0.5, 0.6) is 5.75 Å². The van der Waals surface area contributed by atoms with Gasteiger partial charge in [0.2, 0.25) is 0 Å². The van der Waals surface area contributed by atoms with E-state index >= 15 is 0 Å². The SMILES string of the molecule is Cc1cccc(OC[C@@H](O)CN2C[C@@H](C)O[C@H](C)C2)c1. The van der Waals surface area contributed by atoms with Gasteiger partial charge >= 0.3 is 0 Å². The van der Waals surface area contributed by atoms with Gasteiger partial charge in [0.1, 0.15) is 18.5 Å². The Morgan fingerprint density at radius 2 is 2.05 bits per heavy atom. The molecule has 0 unspecified atom stereocenters. The molecule has 1 fully saturated rings. The summed E-state index contributed by atoms with van der Waals surface area (Å²) >= 11 is 0. The molecule has 0 bridgehead atoms. The summed E-state index contributed by atoms with van der Waals surface area (Å²) in [5.74, 6) is 0.813. The van der Waals surface area contributed by atoms with E-state index in [0.717, 1.165) is 24.4 Å². The van der Waals surface area contributed by atoms with E-state index in [0.29, 0.717) is 13.2 Å². The lowest BCUT2D eigenvalue weighted by atomic mass is 10.2. The van der Waals surface area contributed by atoms with Crippen molar-refractivity contribution < 1.29 is 14.6 Å². The number of ether oxygens (including phenoxy) is 2. The molecule has 3 atom stereocenters. The summed E-state index contributed by atoms with van der Waals surface area (Å²) in [5, 5.41) is 10.1. The molecule has 1 heterocycles. The maximum Gasteiger partial charge on any atom is 0.119 e. The summed E-state index contributed by atoms with van der Waals surface area (Å²) in [6.07, 6.45) is -0.0275. The van der Waals surface area contributed by atoms with Crippen molar-refractivity contribution in [1.29, 1.82) is 0 Å². The number of benzene rings is 1. The first kappa shape index (κ1) is 15.3. The van der Waals surface area contributed by atoms with Crippen molar-refractivity contribution in [3.05, 3.63) is 29.8 Å². The quantitative estimate of drug-likeness (QED) is 0.893. The fourth-order valence-corrected chi connectivity index (χ4v) is 2.68. The van der Waals surface area contributed by atoms with E-state index in [9.17, 15) is 5.11 Å². The van der Waals surface area contributed by atoms with Crippen LogP contribution in [0.3, 0.4) is 0 Å². The Morgan fingerprint density at radius 3 is 2.70 bits per heavy atom. The summed E-state index contributed by atoms with van der Waals surface area (Å²) in [5.41, 5.74) is 1.16. The summed E-state index contributed by atoms with van der Waals surface area (Å²) in [6, 6.07) is 7.88. The molecule has 0 radical (unpaired) electrons. The van der Waals surface area contributed by atoms with Crippen LogP contribution in [0.25, 0.3) is 0 Å². The van der Waals surface area contributed by atoms with Crippen LogP contribution in [-0.2, 0) is 4.74 Å². The Morgan fingerprint density at radius 1 is 1.35 bits per heavy atom. The standard InChI is InChI=1S/C16H25NO3/c1-12-5-4-6-16(7-12)19-11-15(18)10-17-8-13(2)20-14(3)9-17/h4-7,13-15,18H,8-11H2,1-3H3/t13-,14-,15+/m1/s1. The molecule has 0 aromatic heterocycles. The molecule has 1 saturated heterocycles. The van der Waals surface area contributed by atoms with Crippen molar-refractivity contribution in [2.75, 3.05) is 26.2 Å². The maximum atomic E-state index is 10.1. The summed E-state index contributed by atoms with van der Waals surface area (Å²) in [7, 11) is 0. The fourth-order valence-electron chi connectivity index (χ4n) is 2.68. The van der Waals surface area contributed by atoms with E-state index in [1.807, 2.05) is 31.2 Å². The van der Waals surface area contributed by atoms with Gasteiger partial charge in [-0.2, -0.15) is 0 Å². The minimum Gasteiger partial charge on any atom is -0.491 e. The normalized spacial score (nSPS) is 25.4. The van der Waals surface area contributed by atoms with Gasteiger partial charge in [0.05, 0.1) is 12.2 Å². The second-order valence-electron chi connectivity index (χ2n) is 5.76. The molecule has 112 valence electrons. The molecule has 20 heavy (non-hydrogen) atoms. The van der Waals surface area contributed by atoms with Gasteiger partial charge in [0.25, 0.3) is 0 Å². The molecule has 4 nitrogen and oxygen atoms in total. The van der Waals surface area contributed by atoms with Gasteiger partial charge in [-0.15, -0.1) is 0 Å². The first-order valence-electron chi connectivity index (χ1n) is 7.28. The van der Waals surface area contributed by atoms with Crippen molar-refractivity contribution >= 4 is 0 Å². The topological polar surface area (TPSA) is 41.9 Å². The Labute approximate surface area is 121 Å². The van der Waals surface area contributed by atoms with Crippen LogP contribution in [-0.4, -0.2) is 54.6 Å². The van der Waals surface area contributed by atoms with Crippen molar-refractivity contribution in [2.24, 2.45) is 0 Å². The van der Waals surface area contributed by atoms with E-state index in [2.05, 4.69) is 18.7 Å². The van der Waals surface area contributed by atoms with E-state index in [4.69, 9.17) is 9.47 Å². The number of aryl methyl sites for hydroxylation is 1. The number of morpholine rings is 1. The van der Waals surface area contributed by atoms with Gasteiger partial charge in [0.15, 0.2) is 0 Å². The molecular weight excluding hydrogens is 254 g/mol. The first-order valence-corrected chi connectivity index (χ1v) is 7.28. The zero-order valence-corrected chi connectivity index (χ0v) is 12.6. The van der Waals surface area contributed by atoms with Crippen LogP contribution >= 0.6 is 0 Å². The predicted molar refractivity (Wildman–Crippen MR) is 79.1 cm³/mol. The minimum absolute atomic E-state index is 0.226. The van der Waals surface area contributed by atoms with Crippen LogP contribution in [0, 0.1) is 6.92 Å². The Bertz CT molecular complexity index is 414. The largest absolute Gasteiger partial charge is 0.491 e. The zero-order valence-electron chi connectivity index (χ0n) is 12.6. The molecule has 1 aliphatic rings. The smallest absolute Gasteiger partial charge is 0.119 e. The maximum absolute atomic E-state index is 10.1. The molecule has 1 N–H and O–H groups in total. The number of aliphatic hydroxyl groups excluding tert-OH is 1. The lowest BCUT2D eigenvalue weighted by Gasteiger charge is -2.36. The van der Waals surface area contributed by atoms with E-state index in [1.54, 1.807) is 0 Å². The molecule has 1 aromatic rings. The lowest BCUT2D eigenvalue weighted by molar-refractivity contribution is -0.0786. The van der Waals surface area contributed by atoms with Gasteiger partial charge in [-0.25, -0.2) is 0 Å². The van der Waals surface area contributed by atoms with Gasteiger partial charge in [-0.1, -0.05) is 12.1 Å². The second-order valence-corrected chi connectivity index (χ2v) is 5.76. The van der Waals surface area contributed by atoms with Gasteiger partial charge in [0, 0.05) is 19.6 Å². The Kier molecular flexibility index (Phi) is 5.40. The number of hydrogen-bond donors (Lipinski definition) is 1. The Balaban J connectivity index is 1.76. The van der Waals surface area contributed by atoms with Gasteiger partial charge < -0.3 is 14.6 Å². The summed E-state index contributed by atoms with van der Waals surface area (Å²) in [6.45, 7) is 8.85. The molecule has 4 heteroatoms. The van der Waals surface area contributed by atoms with Crippen molar-refractivity contribution in [3.8, 4) is 5.75 Å². The third-order valence-corrected chi connectivity index (χ3v) is 3.40. The zero-order chi connectivity index (χ0) is 14.5. The highest BCUT2D eigenvalue weighted by Gasteiger charge is 2.23. The number of aliphatic hydroxyl groups is 1. The predicted octanol–water partition coefficient (Wildman–Crippen LogP) is 1.84. The molecular formula is C16H25NO3. The van der Waals surface area contributed by atoms with Crippen molar-refractivity contribution in [2.45, 2.75) is 39.1 Å². The monoisotopic (exact) mass is 279 g/mol. The van der Waals surface area contributed by atoms with Crippen molar-refractivity contribution in [3.63, 3.8) is 0 Å². The van der Waals surface area contributed by atoms with Crippen LogP contribution in [0.4, 0.5) is 0 Å². The second kappa shape index (κ2) is 7.07. The van der Waals surface area contributed by atoms with Crippen LogP contribution in [0.15, 0.2) is 24.3 Å². The molecule has 0 saturated carbocycles. The van der Waals surface area contributed by atoms with Crippen molar-refractivity contribution in [1.82, 2.24) is 4.90 Å².